The number of nitrogens with one attached hydrogen (secondary N) is 1. The molecule has 18 heavy (non-hydrogen) atoms. The maximum absolute atomic E-state index is 5.40. The Labute approximate surface area is 111 Å². The summed E-state index contributed by atoms with van der Waals surface area (Å²) in [6.07, 6.45) is 6.26. The van der Waals surface area contributed by atoms with Gasteiger partial charge < -0.3 is 10.1 Å². The van der Waals surface area contributed by atoms with Crippen LogP contribution in [0.15, 0.2) is 18.2 Å². The highest BCUT2D eigenvalue weighted by molar-refractivity contribution is 5.38. The Kier molecular flexibility index (Phi) is 4.65. The van der Waals surface area contributed by atoms with E-state index >= 15 is 0 Å². The zero-order valence-corrected chi connectivity index (χ0v) is 11.8. The summed E-state index contributed by atoms with van der Waals surface area (Å²) in [7, 11) is 3.83. The fraction of sp³-hybridized carbons (Fsp3) is 0.625. The summed E-state index contributed by atoms with van der Waals surface area (Å²) in [6.45, 7) is 2.19. The molecule has 0 aliphatic heterocycles. The van der Waals surface area contributed by atoms with Crippen molar-refractivity contribution < 1.29 is 4.74 Å². The first-order valence-electron chi connectivity index (χ1n) is 7.12. The summed E-state index contributed by atoms with van der Waals surface area (Å²) in [4.78, 5) is 0. The van der Waals surface area contributed by atoms with Crippen LogP contribution in [0.2, 0.25) is 0 Å². The second-order valence-corrected chi connectivity index (χ2v) is 5.26. The Morgan fingerprint density at radius 3 is 2.50 bits per heavy atom. The van der Waals surface area contributed by atoms with Crippen molar-refractivity contribution in [1.29, 1.82) is 0 Å². The van der Waals surface area contributed by atoms with Crippen molar-refractivity contribution in [1.82, 2.24) is 5.32 Å². The first-order chi connectivity index (χ1) is 8.78. The zero-order chi connectivity index (χ0) is 13.0. The SMILES string of the molecule is CCc1cc(C2CCC(NC)CC2)ccc1OC. The number of methoxy groups -OCH3 is 1. The van der Waals surface area contributed by atoms with Crippen LogP contribution in [-0.2, 0) is 6.42 Å². The van der Waals surface area contributed by atoms with Crippen LogP contribution in [0.1, 0.15) is 49.7 Å². The summed E-state index contributed by atoms with van der Waals surface area (Å²) < 4.78 is 5.40. The van der Waals surface area contributed by atoms with Gasteiger partial charge in [0.15, 0.2) is 0 Å². The van der Waals surface area contributed by atoms with E-state index in [1.54, 1.807) is 7.11 Å². The van der Waals surface area contributed by atoms with E-state index < -0.39 is 0 Å². The van der Waals surface area contributed by atoms with E-state index in [4.69, 9.17) is 4.74 Å². The van der Waals surface area contributed by atoms with Crippen LogP contribution in [0.25, 0.3) is 0 Å². The van der Waals surface area contributed by atoms with Crippen LogP contribution >= 0.6 is 0 Å². The lowest BCUT2D eigenvalue weighted by Crippen LogP contribution is -2.29. The third-order valence-corrected chi connectivity index (χ3v) is 4.29. The number of hydrogen-bond donors (Lipinski definition) is 1. The molecule has 1 aliphatic rings. The predicted octanol–water partition coefficient (Wildman–Crippen LogP) is 3.50. The molecule has 2 rings (SSSR count). The fourth-order valence-electron chi connectivity index (χ4n) is 3.04. The molecule has 1 aliphatic carbocycles. The van der Waals surface area contributed by atoms with Crippen molar-refractivity contribution in [3.8, 4) is 5.75 Å². The molecule has 1 fully saturated rings. The summed E-state index contributed by atoms with van der Waals surface area (Å²) in [5, 5.41) is 3.40. The van der Waals surface area contributed by atoms with Gasteiger partial charge in [0.1, 0.15) is 5.75 Å². The van der Waals surface area contributed by atoms with Gasteiger partial charge in [0.05, 0.1) is 7.11 Å². The van der Waals surface area contributed by atoms with Crippen LogP contribution in [-0.4, -0.2) is 20.2 Å². The number of aryl methyl sites for hydroxylation is 1. The van der Waals surface area contributed by atoms with Gasteiger partial charge in [-0.3, -0.25) is 0 Å². The number of rotatable bonds is 4. The Hall–Kier alpha value is -1.02. The molecule has 1 saturated carbocycles. The first kappa shape index (κ1) is 13.4. The van der Waals surface area contributed by atoms with E-state index in [1.807, 2.05) is 0 Å². The van der Waals surface area contributed by atoms with E-state index in [9.17, 15) is 0 Å². The highest BCUT2D eigenvalue weighted by atomic mass is 16.5. The Morgan fingerprint density at radius 2 is 1.94 bits per heavy atom. The van der Waals surface area contributed by atoms with E-state index in [0.717, 1.165) is 24.1 Å². The number of benzene rings is 1. The molecule has 0 bridgehead atoms. The van der Waals surface area contributed by atoms with Gasteiger partial charge in [-0.15, -0.1) is 0 Å². The Bertz CT molecular complexity index is 381. The van der Waals surface area contributed by atoms with E-state index in [2.05, 4.69) is 37.5 Å². The fourth-order valence-corrected chi connectivity index (χ4v) is 3.04. The molecule has 0 spiro atoms. The van der Waals surface area contributed by atoms with E-state index in [0.29, 0.717) is 0 Å². The summed E-state index contributed by atoms with van der Waals surface area (Å²) in [6, 6.07) is 7.47. The molecular weight excluding hydrogens is 222 g/mol. The third-order valence-electron chi connectivity index (χ3n) is 4.29. The normalized spacial score (nSPS) is 23.9. The van der Waals surface area contributed by atoms with Crippen LogP contribution in [0, 0.1) is 0 Å². The molecule has 1 N–H and O–H groups in total. The first-order valence-corrected chi connectivity index (χ1v) is 7.12. The van der Waals surface area contributed by atoms with Gasteiger partial charge >= 0.3 is 0 Å². The van der Waals surface area contributed by atoms with E-state index in [-0.39, 0.29) is 0 Å². The van der Waals surface area contributed by atoms with Crippen molar-refractivity contribution in [2.24, 2.45) is 0 Å². The second-order valence-electron chi connectivity index (χ2n) is 5.26. The molecule has 2 heteroatoms. The van der Waals surface area contributed by atoms with Gasteiger partial charge in [-0.25, -0.2) is 0 Å². The number of hydrogen-bond acceptors (Lipinski definition) is 2. The molecule has 0 radical (unpaired) electrons. The van der Waals surface area contributed by atoms with Crippen LogP contribution in [0.3, 0.4) is 0 Å². The molecular formula is C16H25NO. The highest BCUT2D eigenvalue weighted by Gasteiger charge is 2.21. The molecule has 100 valence electrons. The smallest absolute Gasteiger partial charge is 0.122 e. The van der Waals surface area contributed by atoms with Crippen LogP contribution in [0.5, 0.6) is 5.75 Å². The minimum atomic E-state index is 0.727. The molecule has 0 saturated heterocycles. The standard InChI is InChI=1S/C16H25NO/c1-4-12-11-14(7-10-16(12)18-3)13-5-8-15(17-2)9-6-13/h7,10-11,13,15,17H,4-6,8-9H2,1-3H3. The third kappa shape index (κ3) is 2.86. The average Bonchev–Trinajstić information content (AvgIpc) is 2.46. The lowest BCUT2D eigenvalue weighted by molar-refractivity contribution is 0.358. The van der Waals surface area contributed by atoms with Crippen molar-refractivity contribution in [3.63, 3.8) is 0 Å². The quantitative estimate of drug-likeness (QED) is 0.879. The minimum absolute atomic E-state index is 0.727. The van der Waals surface area contributed by atoms with Crippen LogP contribution < -0.4 is 10.1 Å². The molecule has 1 aromatic rings. The lowest BCUT2D eigenvalue weighted by atomic mass is 9.81. The zero-order valence-electron chi connectivity index (χ0n) is 11.8. The second kappa shape index (κ2) is 6.24. The van der Waals surface area contributed by atoms with Gasteiger partial charge in [-0.2, -0.15) is 0 Å². The predicted molar refractivity (Wildman–Crippen MR) is 76.4 cm³/mol. The molecule has 0 unspecified atom stereocenters. The summed E-state index contributed by atoms with van der Waals surface area (Å²) in [5.74, 6) is 1.77. The van der Waals surface area contributed by atoms with Crippen molar-refractivity contribution >= 4 is 0 Å². The van der Waals surface area contributed by atoms with E-state index in [1.165, 1.54) is 36.8 Å². The topological polar surface area (TPSA) is 21.3 Å². The average molecular weight is 247 g/mol. The molecule has 0 atom stereocenters. The Morgan fingerprint density at radius 1 is 1.22 bits per heavy atom. The largest absolute Gasteiger partial charge is 0.496 e. The molecule has 2 nitrogen and oxygen atoms in total. The minimum Gasteiger partial charge on any atom is -0.496 e. The Balaban J connectivity index is 2.09. The van der Waals surface area contributed by atoms with Gasteiger partial charge in [0.2, 0.25) is 0 Å². The maximum Gasteiger partial charge on any atom is 0.122 e. The summed E-state index contributed by atoms with van der Waals surface area (Å²) >= 11 is 0. The molecule has 0 aromatic heterocycles. The van der Waals surface area contributed by atoms with Crippen molar-refractivity contribution in [2.45, 2.75) is 51.0 Å². The van der Waals surface area contributed by atoms with Crippen LogP contribution in [0.4, 0.5) is 0 Å². The van der Waals surface area contributed by atoms with Gasteiger partial charge in [0, 0.05) is 6.04 Å². The summed E-state index contributed by atoms with van der Waals surface area (Å²) in [5.41, 5.74) is 2.84. The highest BCUT2D eigenvalue weighted by Crippen LogP contribution is 2.34. The van der Waals surface area contributed by atoms with Crippen molar-refractivity contribution in [2.75, 3.05) is 14.2 Å². The monoisotopic (exact) mass is 247 g/mol. The maximum atomic E-state index is 5.40. The molecule has 0 amide bonds. The van der Waals surface area contributed by atoms with Gasteiger partial charge in [0.25, 0.3) is 0 Å². The molecule has 1 aromatic carbocycles. The molecule has 0 heterocycles. The van der Waals surface area contributed by atoms with Gasteiger partial charge in [-0.1, -0.05) is 19.1 Å². The van der Waals surface area contributed by atoms with Crippen molar-refractivity contribution in [3.05, 3.63) is 29.3 Å². The van der Waals surface area contributed by atoms with Gasteiger partial charge in [-0.05, 0) is 62.3 Å². The number of ether oxygens (including phenoxy) is 1. The lowest BCUT2D eigenvalue weighted by Gasteiger charge is -2.29.